The van der Waals surface area contributed by atoms with Gasteiger partial charge in [-0.05, 0) is 60.7 Å². The molecule has 0 fully saturated rings. The minimum absolute atomic E-state index is 0.103. The smallest absolute Gasteiger partial charge is 0.196 e. The number of anilines is 1. The van der Waals surface area contributed by atoms with Crippen LogP contribution >= 0.6 is 23.4 Å². The lowest BCUT2D eigenvalue weighted by molar-refractivity contribution is 0.102. The molecule has 0 aliphatic heterocycles. The van der Waals surface area contributed by atoms with Crippen LogP contribution in [0.25, 0.3) is 5.69 Å². The Hall–Kier alpha value is -3.16. The van der Waals surface area contributed by atoms with Crippen molar-refractivity contribution in [2.24, 2.45) is 0 Å². The molecule has 5 nitrogen and oxygen atoms in total. The highest BCUT2D eigenvalue weighted by molar-refractivity contribution is 7.99. The Labute approximate surface area is 188 Å². The highest BCUT2D eigenvalue weighted by Gasteiger charge is 2.16. The maximum Gasteiger partial charge on any atom is 0.196 e. The zero-order chi connectivity index (χ0) is 21.6. The summed E-state index contributed by atoms with van der Waals surface area (Å²) in [7, 11) is 0. The second kappa shape index (κ2) is 9.76. The van der Waals surface area contributed by atoms with E-state index < -0.39 is 0 Å². The van der Waals surface area contributed by atoms with Gasteiger partial charge in [-0.2, -0.15) is 0 Å². The Kier molecular flexibility index (Phi) is 6.64. The van der Waals surface area contributed by atoms with E-state index in [9.17, 15) is 9.18 Å². The Morgan fingerprint density at radius 3 is 2.39 bits per heavy atom. The quantitative estimate of drug-likeness (QED) is 0.276. The average molecular weight is 453 g/mol. The second-order valence-electron chi connectivity index (χ2n) is 6.65. The number of carbonyl (C=O) groups is 1. The van der Waals surface area contributed by atoms with Crippen LogP contribution in [-0.2, 0) is 6.54 Å². The lowest BCUT2D eigenvalue weighted by Crippen LogP contribution is -2.09. The third-order valence-electron chi connectivity index (χ3n) is 4.51. The first kappa shape index (κ1) is 21.1. The van der Waals surface area contributed by atoms with Crippen molar-refractivity contribution in [1.82, 2.24) is 14.8 Å². The number of carbonyl (C=O) groups excluding carboxylic acids is 1. The SMILES string of the molecule is O=C(CSc1nnc(CNc2ccc(Cl)cc2)n1-c1ccccc1)c1ccc(F)cc1. The zero-order valence-electron chi connectivity index (χ0n) is 16.3. The van der Waals surface area contributed by atoms with Gasteiger partial charge in [0.1, 0.15) is 5.82 Å². The van der Waals surface area contributed by atoms with E-state index in [0.717, 1.165) is 11.4 Å². The average Bonchev–Trinajstić information content (AvgIpc) is 3.21. The molecule has 31 heavy (non-hydrogen) atoms. The summed E-state index contributed by atoms with van der Waals surface area (Å²) >= 11 is 7.24. The summed E-state index contributed by atoms with van der Waals surface area (Å²) < 4.78 is 15.0. The van der Waals surface area contributed by atoms with Gasteiger partial charge >= 0.3 is 0 Å². The van der Waals surface area contributed by atoms with Gasteiger partial charge in [0.05, 0.1) is 12.3 Å². The minimum atomic E-state index is -0.370. The number of para-hydroxylation sites is 1. The highest BCUT2D eigenvalue weighted by Crippen LogP contribution is 2.24. The molecule has 1 N–H and O–H groups in total. The van der Waals surface area contributed by atoms with E-state index in [-0.39, 0.29) is 17.4 Å². The summed E-state index contributed by atoms with van der Waals surface area (Å²) in [5.41, 5.74) is 2.27. The molecule has 0 bridgehead atoms. The molecule has 4 rings (SSSR count). The van der Waals surface area contributed by atoms with Crippen LogP contribution in [0.5, 0.6) is 0 Å². The Morgan fingerprint density at radius 2 is 1.68 bits per heavy atom. The van der Waals surface area contributed by atoms with E-state index in [2.05, 4.69) is 15.5 Å². The number of hydrogen-bond donors (Lipinski definition) is 1. The fourth-order valence-electron chi connectivity index (χ4n) is 2.94. The molecular weight excluding hydrogens is 435 g/mol. The predicted octanol–water partition coefficient (Wildman–Crippen LogP) is 5.65. The topological polar surface area (TPSA) is 59.8 Å². The van der Waals surface area contributed by atoms with Crippen molar-refractivity contribution in [2.75, 3.05) is 11.1 Å². The van der Waals surface area contributed by atoms with Gasteiger partial charge in [-0.3, -0.25) is 9.36 Å². The number of aromatic nitrogens is 3. The van der Waals surface area contributed by atoms with E-state index in [4.69, 9.17) is 11.6 Å². The number of benzene rings is 3. The molecule has 0 aliphatic rings. The van der Waals surface area contributed by atoms with Crippen LogP contribution < -0.4 is 5.32 Å². The largest absolute Gasteiger partial charge is 0.378 e. The van der Waals surface area contributed by atoms with Crippen LogP contribution in [0, 0.1) is 5.82 Å². The van der Waals surface area contributed by atoms with E-state index >= 15 is 0 Å². The lowest BCUT2D eigenvalue weighted by atomic mass is 10.1. The van der Waals surface area contributed by atoms with Crippen molar-refractivity contribution in [3.63, 3.8) is 0 Å². The van der Waals surface area contributed by atoms with E-state index in [0.29, 0.717) is 28.1 Å². The molecule has 0 unspecified atom stereocenters. The van der Waals surface area contributed by atoms with Crippen LogP contribution in [-0.4, -0.2) is 26.3 Å². The standard InChI is InChI=1S/C23H18ClFN4OS/c24-17-8-12-19(13-9-17)26-14-22-27-28-23(29(22)20-4-2-1-3-5-20)31-15-21(30)16-6-10-18(25)11-7-16/h1-13,26H,14-15H2. The van der Waals surface area contributed by atoms with Crippen LogP contribution in [0.3, 0.4) is 0 Å². The van der Waals surface area contributed by atoms with Gasteiger partial charge in [-0.15, -0.1) is 10.2 Å². The molecule has 1 heterocycles. The number of halogens is 2. The van der Waals surface area contributed by atoms with Crippen LogP contribution in [0.4, 0.5) is 10.1 Å². The second-order valence-corrected chi connectivity index (χ2v) is 8.03. The molecular formula is C23H18ClFN4OS. The Morgan fingerprint density at radius 1 is 0.968 bits per heavy atom. The Bertz CT molecular complexity index is 1160. The molecule has 0 radical (unpaired) electrons. The fraction of sp³-hybridized carbons (Fsp3) is 0.0870. The van der Waals surface area contributed by atoms with Crippen LogP contribution in [0.15, 0.2) is 84.0 Å². The van der Waals surface area contributed by atoms with Crippen LogP contribution in [0.2, 0.25) is 5.02 Å². The number of nitrogens with one attached hydrogen (secondary N) is 1. The van der Waals surface area contributed by atoms with Crippen molar-refractivity contribution in [3.8, 4) is 5.69 Å². The maximum atomic E-state index is 13.1. The summed E-state index contributed by atoms with van der Waals surface area (Å²) in [6.45, 7) is 0.440. The highest BCUT2D eigenvalue weighted by atomic mass is 35.5. The summed E-state index contributed by atoms with van der Waals surface area (Å²) in [5, 5.41) is 13.2. The summed E-state index contributed by atoms with van der Waals surface area (Å²) in [4.78, 5) is 12.5. The number of thioether (sulfide) groups is 1. The van der Waals surface area contributed by atoms with E-state index in [1.54, 1.807) is 0 Å². The van der Waals surface area contributed by atoms with Gasteiger partial charge in [0.15, 0.2) is 16.8 Å². The number of rotatable bonds is 8. The molecule has 4 aromatic rings. The number of ketones is 1. The lowest BCUT2D eigenvalue weighted by Gasteiger charge is -2.11. The van der Waals surface area contributed by atoms with Gasteiger partial charge in [0.25, 0.3) is 0 Å². The van der Waals surface area contributed by atoms with Crippen molar-refractivity contribution >= 4 is 34.8 Å². The number of nitrogens with zero attached hydrogens (tertiary/aromatic N) is 3. The van der Waals surface area contributed by atoms with Crippen molar-refractivity contribution < 1.29 is 9.18 Å². The first-order valence-corrected chi connectivity index (χ1v) is 10.9. The monoisotopic (exact) mass is 452 g/mol. The van der Waals surface area contributed by atoms with Gasteiger partial charge in [-0.1, -0.05) is 41.6 Å². The van der Waals surface area contributed by atoms with Gasteiger partial charge in [0, 0.05) is 22.0 Å². The molecule has 8 heteroatoms. The van der Waals surface area contributed by atoms with Gasteiger partial charge in [0.2, 0.25) is 0 Å². The third-order valence-corrected chi connectivity index (χ3v) is 5.69. The molecule has 0 aliphatic carbocycles. The van der Waals surface area contributed by atoms with Crippen molar-refractivity contribution in [3.05, 3.63) is 101 Å². The normalized spacial score (nSPS) is 10.8. The summed E-state index contributed by atoms with van der Waals surface area (Å²) in [6, 6.07) is 22.7. The van der Waals surface area contributed by atoms with Crippen molar-refractivity contribution in [1.29, 1.82) is 0 Å². The molecule has 156 valence electrons. The maximum absolute atomic E-state index is 13.1. The molecule has 3 aromatic carbocycles. The number of hydrogen-bond acceptors (Lipinski definition) is 5. The van der Waals surface area contributed by atoms with E-state index in [1.807, 2.05) is 59.2 Å². The molecule has 0 spiro atoms. The van der Waals surface area contributed by atoms with E-state index in [1.165, 1.54) is 36.0 Å². The fourth-order valence-corrected chi connectivity index (χ4v) is 3.93. The minimum Gasteiger partial charge on any atom is -0.378 e. The molecule has 1 aromatic heterocycles. The summed E-state index contributed by atoms with van der Waals surface area (Å²) in [5.74, 6) is 0.401. The first-order chi connectivity index (χ1) is 15.1. The van der Waals surface area contributed by atoms with Crippen molar-refractivity contribution in [2.45, 2.75) is 11.7 Å². The van der Waals surface area contributed by atoms with Crippen LogP contribution in [0.1, 0.15) is 16.2 Å². The number of Topliss-reactive ketones (excluding diaryl/α,β-unsaturated/α-hetero) is 1. The Balaban J connectivity index is 1.53. The first-order valence-electron chi connectivity index (χ1n) is 9.51. The molecule has 0 atom stereocenters. The predicted molar refractivity (Wildman–Crippen MR) is 122 cm³/mol. The third kappa shape index (κ3) is 5.31. The molecule has 0 saturated heterocycles. The van der Waals surface area contributed by atoms with Gasteiger partial charge in [-0.25, -0.2) is 4.39 Å². The molecule has 0 amide bonds. The zero-order valence-corrected chi connectivity index (χ0v) is 17.9. The molecule has 0 saturated carbocycles. The van der Waals surface area contributed by atoms with Gasteiger partial charge < -0.3 is 5.32 Å². The summed E-state index contributed by atoms with van der Waals surface area (Å²) in [6.07, 6.45) is 0.